The normalized spacial score (nSPS) is 10.0. The lowest BCUT2D eigenvalue weighted by atomic mass is 10.2. The van der Waals surface area contributed by atoms with Gasteiger partial charge in [-0.1, -0.05) is 12.1 Å². The fourth-order valence-corrected chi connectivity index (χ4v) is 1.38. The van der Waals surface area contributed by atoms with Gasteiger partial charge in [0.05, 0.1) is 4.92 Å². The second-order valence-corrected chi connectivity index (χ2v) is 4.23. The molecule has 0 saturated heterocycles. The van der Waals surface area contributed by atoms with Gasteiger partial charge in [-0.05, 0) is 5.56 Å². The van der Waals surface area contributed by atoms with Crippen LogP contribution in [-0.2, 0) is 6.54 Å². The lowest BCUT2D eigenvalue weighted by molar-refractivity contribution is -0.384. The summed E-state index contributed by atoms with van der Waals surface area (Å²) >= 11 is 0. The fraction of sp³-hybridized carbons (Fsp3) is 0.417. The van der Waals surface area contributed by atoms with Crippen molar-refractivity contribution in [3.63, 3.8) is 0 Å². The molecule has 0 spiro atoms. The number of nitrogens with zero attached hydrogens (tertiary/aromatic N) is 2. The number of carbonyl (C=O) groups excluding carboxylic acids is 1. The quantitative estimate of drug-likeness (QED) is 0.456. The van der Waals surface area contributed by atoms with Crippen molar-refractivity contribution in [3.8, 4) is 0 Å². The zero-order valence-corrected chi connectivity index (χ0v) is 11.0. The molecule has 0 heterocycles. The molecular formula is C12H18N4O3. The van der Waals surface area contributed by atoms with Gasteiger partial charge in [0, 0.05) is 45.9 Å². The molecule has 7 nitrogen and oxygen atoms in total. The topological polar surface area (TPSA) is 87.5 Å². The van der Waals surface area contributed by atoms with Crippen molar-refractivity contribution in [2.45, 2.75) is 6.54 Å². The molecule has 2 amide bonds. The first-order chi connectivity index (χ1) is 9.00. The van der Waals surface area contributed by atoms with Crippen molar-refractivity contribution in [1.82, 2.24) is 15.5 Å². The summed E-state index contributed by atoms with van der Waals surface area (Å²) in [5.74, 6) is 0. The molecule has 0 unspecified atom stereocenters. The molecule has 0 atom stereocenters. The number of nitro groups is 1. The molecule has 7 heteroatoms. The molecule has 1 aromatic rings. The largest absolute Gasteiger partial charge is 0.337 e. The van der Waals surface area contributed by atoms with E-state index >= 15 is 0 Å². The average Bonchev–Trinajstić information content (AvgIpc) is 2.38. The number of hydrogen-bond acceptors (Lipinski definition) is 4. The van der Waals surface area contributed by atoms with Crippen LogP contribution in [0.4, 0.5) is 10.5 Å². The molecule has 0 aliphatic heterocycles. The van der Waals surface area contributed by atoms with Gasteiger partial charge >= 0.3 is 6.03 Å². The minimum absolute atomic E-state index is 0.0852. The highest BCUT2D eigenvalue weighted by Crippen LogP contribution is 2.11. The van der Waals surface area contributed by atoms with Crippen LogP contribution in [0.15, 0.2) is 24.3 Å². The zero-order valence-electron chi connectivity index (χ0n) is 11.0. The van der Waals surface area contributed by atoms with E-state index in [9.17, 15) is 14.9 Å². The van der Waals surface area contributed by atoms with Crippen LogP contribution in [0.25, 0.3) is 0 Å². The van der Waals surface area contributed by atoms with Gasteiger partial charge in [-0.3, -0.25) is 10.1 Å². The third-order valence-electron chi connectivity index (χ3n) is 2.46. The van der Waals surface area contributed by atoms with Crippen molar-refractivity contribution in [2.24, 2.45) is 0 Å². The molecule has 0 aromatic heterocycles. The molecule has 0 bridgehead atoms. The van der Waals surface area contributed by atoms with Gasteiger partial charge in [0.15, 0.2) is 0 Å². The summed E-state index contributed by atoms with van der Waals surface area (Å²) in [6.45, 7) is 1.77. The van der Waals surface area contributed by atoms with Gasteiger partial charge in [-0.2, -0.15) is 0 Å². The van der Waals surface area contributed by atoms with E-state index in [4.69, 9.17) is 0 Å². The van der Waals surface area contributed by atoms with E-state index < -0.39 is 4.92 Å². The standard InChI is InChI=1S/C12H18N4O3/c1-15(2)12(17)14-8-7-13-9-10-3-5-11(6-4-10)16(18)19/h3-6,13H,7-9H2,1-2H3,(H,14,17). The van der Waals surface area contributed by atoms with Crippen LogP contribution >= 0.6 is 0 Å². The van der Waals surface area contributed by atoms with E-state index in [-0.39, 0.29) is 11.7 Å². The Morgan fingerprint density at radius 2 is 1.89 bits per heavy atom. The van der Waals surface area contributed by atoms with Crippen molar-refractivity contribution >= 4 is 11.7 Å². The molecule has 0 radical (unpaired) electrons. The maximum atomic E-state index is 11.2. The number of carbonyl (C=O) groups is 1. The highest BCUT2D eigenvalue weighted by atomic mass is 16.6. The highest BCUT2D eigenvalue weighted by Gasteiger charge is 2.03. The Morgan fingerprint density at radius 3 is 2.42 bits per heavy atom. The van der Waals surface area contributed by atoms with E-state index in [0.29, 0.717) is 19.6 Å². The van der Waals surface area contributed by atoms with Gasteiger partial charge in [0.2, 0.25) is 0 Å². The molecule has 0 aliphatic rings. The highest BCUT2D eigenvalue weighted by molar-refractivity contribution is 5.73. The van der Waals surface area contributed by atoms with E-state index in [1.807, 2.05) is 0 Å². The molecule has 0 saturated carbocycles. The number of urea groups is 1. The predicted molar refractivity (Wildman–Crippen MR) is 71.9 cm³/mol. The first-order valence-electron chi connectivity index (χ1n) is 5.90. The number of amides is 2. The van der Waals surface area contributed by atoms with Crippen LogP contribution in [0.1, 0.15) is 5.56 Å². The second-order valence-electron chi connectivity index (χ2n) is 4.23. The lowest BCUT2D eigenvalue weighted by Gasteiger charge is -2.12. The first-order valence-corrected chi connectivity index (χ1v) is 5.90. The Hall–Kier alpha value is -2.15. The monoisotopic (exact) mass is 266 g/mol. The van der Waals surface area contributed by atoms with Crippen molar-refractivity contribution in [1.29, 1.82) is 0 Å². The fourth-order valence-electron chi connectivity index (χ4n) is 1.38. The summed E-state index contributed by atoms with van der Waals surface area (Å²) in [6, 6.07) is 6.25. The summed E-state index contributed by atoms with van der Waals surface area (Å²) in [7, 11) is 3.36. The minimum atomic E-state index is -0.423. The summed E-state index contributed by atoms with van der Waals surface area (Å²) in [5.41, 5.74) is 1.05. The van der Waals surface area contributed by atoms with E-state index in [0.717, 1.165) is 5.56 Å². The summed E-state index contributed by atoms with van der Waals surface area (Å²) in [4.78, 5) is 22.7. The van der Waals surface area contributed by atoms with Crippen molar-refractivity contribution in [3.05, 3.63) is 39.9 Å². The maximum absolute atomic E-state index is 11.2. The zero-order chi connectivity index (χ0) is 14.3. The van der Waals surface area contributed by atoms with E-state index in [1.54, 1.807) is 26.2 Å². The number of non-ortho nitro benzene ring substituents is 1. The van der Waals surface area contributed by atoms with Crippen molar-refractivity contribution < 1.29 is 9.72 Å². The molecular weight excluding hydrogens is 248 g/mol. The van der Waals surface area contributed by atoms with Crippen LogP contribution in [0, 0.1) is 10.1 Å². The van der Waals surface area contributed by atoms with Gasteiger partial charge < -0.3 is 15.5 Å². The van der Waals surface area contributed by atoms with Gasteiger partial charge in [-0.25, -0.2) is 4.79 Å². The number of nitro benzene ring substituents is 1. The van der Waals surface area contributed by atoms with E-state index in [1.165, 1.54) is 17.0 Å². The Labute approximate surface area is 111 Å². The SMILES string of the molecule is CN(C)C(=O)NCCNCc1ccc([N+](=O)[O-])cc1. The third-order valence-corrected chi connectivity index (χ3v) is 2.46. The smallest absolute Gasteiger partial charge is 0.316 e. The van der Waals surface area contributed by atoms with Crippen LogP contribution in [0.3, 0.4) is 0 Å². The molecule has 1 rings (SSSR count). The summed E-state index contributed by atoms with van der Waals surface area (Å²) < 4.78 is 0. The Balaban J connectivity index is 2.22. The van der Waals surface area contributed by atoms with Gasteiger partial charge in [0.25, 0.3) is 5.69 Å². The van der Waals surface area contributed by atoms with Crippen LogP contribution in [0.5, 0.6) is 0 Å². The second kappa shape index (κ2) is 7.32. The minimum Gasteiger partial charge on any atom is -0.337 e. The maximum Gasteiger partial charge on any atom is 0.316 e. The summed E-state index contributed by atoms with van der Waals surface area (Å²) in [5, 5.41) is 16.3. The summed E-state index contributed by atoms with van der Waals surface area (Å²) in [6.07, 6.45) is 0. The van der Waals surface area contributed by atoms with Crippen LogP contribution in [0.2, 0.25) is 0 Å². The molecule has 0 aliphatic carbocycles. The number of rotatable bonds is 6. The van der Waals surface area contributed by atoms with Crippen LogP contribution in [-0.4, -0.2) is 43.0 Å². The van der Waals surface area contributed by atoms with Crippen LogP contribution < -0.4 is 10.6 Å². The molecule has 2 N–H and O–H groups in total. The molecule has 1 aromatic carbocycles. The first kappa shape index (κ1) is 14.9. The molecule has 19 heavy (non-hydrogen) atoms. The van der Waals surface area contributed by atoms with Crippen molar-refractivity contribution in [2.75, 3.05) is 27.2 Å². The lowest BCUT2D eigenvalue weighted by Crippen LogP contribution is -2.38. The Morgan fingerprint density at radius 1 is 1.26 bits per heavy atom. The Kier molecular flexibility index (Phi) is 5.74. The molecule has 0 fully saturated rings. The number of nitrogens with one attached hydrogen (secondary N) is 2. The average molecular weight is 266 g/mol. The van der Waals surface area contributed by atoms with E-state index in [2.05, 4.69) is 10.6 Å². The van der Waals surface area contributed by atoms with Gasteiger partial charge in [0.1, 0.15) is 0 Å². The number of hydrogen-bond donors (Lipinski definition) is 2. The van der Waals surface area contributed by atoms with Gasteiger partial charge in [-0.15, -0.1) is 0 Å². The molecule has 104 valence electrons. The Bertz CT molecular complexity index is 431. The predicted octanol–water partition coefficient (Wildman–Crippen LogP) is 0.956. The third kappa shape index (κ3) is 5.35. The number of benzene rings is 1.